The van der Waals surface area contributed by atoms with Crippen molar-refractivity contribution in [3.63, 3.8) is 0 Å². The largest absolute Gasteiger partial charge is 0.481 e. The van der Waals surface area contributed by atoms with Gasteiger partial charge >= 0.3 is 11.9 Å². The van der Waals surface area contributed by atoms with Crippen LogP contribution in [0.1, 0.15) is 34.6 Å². The molecule has 0 spiro atoms. The summed E-state index contributed by atoms with van der Waals surface area (Å²) in [5.41, 5.74) is 0. The smallest absolute Gasteiger partial charge is 0.333 e. The first kappa shape index (κ1) is 19.2. The Kier molecular flexibility index (Phi) is 10.4. The highest BCUT2D eigenvalue weighted by atomic mass is 17.1. The third-order valence-electron chi connectivity index (χ3n) is 2.24. The molecule has 7 heteroatoms. The lowest BCUT2D eigenvalue weighted by molar-refractivity contribution is -0.347. The molecule has 0 bridgehead atoms. The molecule has 0 amide bonds. The predicted octanol–water partition coefficient (Wildman–Crippen LogP) is 1.67. The highest BCUT2D eigenvalue weighted by Gasteiger charge is 2.50. The van der Waals surface area contributed by atoms with Gasteiger partial charge in [0.05, 0.1) is 0 Å². The van der Waals surface area contributed by atoms with Crippen molar-refractivity contribution >= 4 is 11.9 Å². The van der Waals surface area contributed by atoms with E-state index in [9.17, 15) is 9.59 Å². The molecule has 0 aromatic heterocycles. The average molecular weight is 266 g/mol. The lowest BCUT2D eigenvalue weighted by Crippen LogP contribution is -2.33. The molecule has 1 aliphatic rings. The van der Waals surface area contributed by atoms with Crippen LogP contribution in [0.2, 0.25) is 0 Å². The van der Waals surface area contributed by atoms with E-state index in [0.29, 0.717) is 0 Å². The van der Waals surface area contributed by atoms with Gasteiger partial charge in [0.1, 0.15) is 5.92 Å². The SMILES string of the molecule is CC.CC.CC1C(OO)OC(C(=O)O)C1C(=O)O. The maximum Gasteiger partial charge on any atom is 0.333 e. The van der Waals surface area contributed by atoms with E-state index in [4.69, 9.17) is 20.2 Å². The van der Waals surface area contributed by atoms with Gasteiger partial charge in [-0.3, -0.25) is 4.79 Å². The van der Waals surface area contributed by atoms with E-state index in [1.165, 1.54) is 6.92 Å². The van der Waals surface area contributed by atoms with Crippen LogP contribution in [0, 0.1) is 11.8 Å². The number of carboxylic acids is 2. The van der Waals surface area contributed by atoms with Crippen molar-refractivity contribution in [2.45, 2.75) is 47.0 Å². The lowest BCUT2D eigenvalue weighted by Gasteiger charge is -2.12. The summed E-state index contributed by atoms with van der Waals surface area (Å²) in [4.78, 5) is 25.1. The number of ether oxygens (including phenoxy) is 1. The minimum absolute atomic E-state index is 0.724. The molecule has 0 aromatic carbocycles. The van der Waals surface area contributed by atoms with Crippen LogP contribution in [0.15, 0.2) is 0 Å². The fourth-order valence-electron chi connectivity index (χ4n) is 1.49. The first-order chi connectivity index (χ1) is 8.49. The Bertz CT molecular complexity index is 254. The zero-order valence-corrected chi connectivity index (χ0v) is 11.3. The Balaban J connectivity index is 0. The Labute approximate surface area is 106 Å². The third kappa shape index (κ3) is 4.59. The first-order valence-corrected chi connectivity index (χ1v) is 5.90. The molecular formula is C11H22O7. The number of hydrogen-bond acceptors (Lipinski definition) is 5. The molecule has 1 fully saturated rings. The summed E-state index contributed by atoms with van der Waals surface area (Å²) in [5.74, 6) is -4.61. The molecule has 3 N–H and O–H groups in total. The van der Waals surface area contributed by atoms with Crippen LogP contribution >= 0.6 is 0 Å². The summed E-state index contributed by atoms with van der Waals surface area (Å²) < 4.78 is 4.71. The summed E-state index contributed by atoms with van der Waals surface area (Å²) in [6.07, 6.45) is -2.70. The topological polar surface area (TPSA) is 113 Å². The van der Waals surface area contributed by atoms with Gasteiger partial charge in [-0.15, -0.1) is 0 Å². The molecule has 1 aliphatic heterocycles. The van der Waals surface area contributed by atoms with Crippen molar-refractivity contribution in [1.82, 2.24) is 0 Å². The Morgan fingerprint density at radius 1 is 1.06 bits per heavy atom. The van der Waals surface area contributed by atoms with Crippen LogP contribution in [-0.2, 0) is 19.2 Å². The van der Waals surface area contributed by atoms with Gasteiger partial charge in [-0.25, -0.2) is 14.9 Å². The van der Waals surface area contributed by atoms with Gasteiger partial charge in [-0.2, -0.15) is 0 Å². The number of aliphatic carboxylic acids is 2. The van der Waals surface area contributed by atoms with Crippen molar-refractivity contribution in [3.05, 3.63) is 0 Å². The second-order valence-corrected chi connectivity index (χ2v) is 3.09. The van der Waals surface area contributed by atoms with Crippen molar-refractivity contribution in [3.8, 4) is 0 Å². The minimum Gasteiger partial charge on any atom is -0.481 e. The first-order valence-electron chi connectivity index (χ1n) is 5.90. The molecule has 18 heavy (non-hydrogen) atoms. The van der Waals surface area contributed by atoms with Crippen LogP contribution in [0.25, 0.3) is 0 Å². The van der Waals surface area contributed by atoms with Gasteiger partial charge in [0.15, 0.2) is 12.4 Å². The molecule has 108 valence electrons. The molecule has 1 rings (SSSR count). The summed E-state index contributed by atoms with van der Waals surface area (Å²) in [7, 11) is 0. The van der Waals surface area contributed by atoms with Crippen molar-refractivity contribution < 1.29 is 34.7 Å². The maximum atomic E-state index is 10.7. The molecule has 1 saturated heterocycles. The second-order valence-electron chi connectivity index (χ2n) is 3.09. The van der Waals surface area contributed by atoms with Gasteiger partial charge in [0.25, 0.3) is 0 Å². The van der Waals surface area contributed by atoms with Crippen LogP contribution in [-0.4, -0.2) is 39.8 Å². The van der Waals surface area contributed by atoms with Gasteiger partial charge in [0, 0.05) is 5.92 Å². The van der Waals surface area contributed by atoms with Gasteiger partial charge in [-0.05, 0) is 0 Å². The quantitative estimate of drug-likeness (QED) is 0.526. The number of carbonyl (C=O) groups is 2. The molecule has 4 unspecified atom stereocenters. The summed E-state index contributed by atoms with van der Waals surface area (Å²) in [6, 6.07) is 0. The maximum absolute atomic E-state index is 10.7. The van der Waals surface area contributed by atoms with E-state index < -0.39 is 36.2 Å². The number of hydrogen-bond donors (Lipinski definition) is 3. The summed E-state index contributed by atoms with van der Waals surface area (Å²) >= 11 is 0. The zero-order valence-electron chi connectivity index (χ0n) is 11.3. The van der Waals surface area contributed by atoms with E-state index in [2.05, 4.69) is 4.89 Å². The average Bonchev–Trinajstić information content (AvgIpc) is 2.71. The van der Waals surface area contributed by atoms with Gasteiger partial charge in [0.2, 0.25) is 0 Å². The lowest BCUT2D eigenvalue weighted by atomic mass is 9.92. The van der Waals surface area contributed by atoms with E-state index in [1.54, 1.807) is 0 Å². The molecule has 0 radical (unpaired) electrons. The fourth-order valence-corrected chi connectivity index (χ4v) is 1.49. The van der Waals surface area contributed by atoms with Crippen molar-refractivity contribution in [1.29, 1.82) is 0 Å². The monoisotopic (exact) mass is 266 g/mol. The fraction of sp³-hybridized carbons (Fsp3) is 0.818. The standard InChI is InChI=1S/C7H10O7.2C2H6/c1-2-3(5(8)9)4(6(10)11)13-7(2)14-12;2*1-2/h2-4,7,12H,1H3,(H,8,9)(H,10,11);2*1-2H3. The van der Waals surface area contributed by atoms with Crippen molar-refractivity contribution in [2.24, 2.45) is 11.8 Å². The van der Waals surface area contributed by atoms with Crippen LogP contribution < -0.4 is 0 Å². The Hall–Kier alpha value is -1.18. The van der Waals surface area contributed by atoms with Crippen molar-refractivity contribution in [2.75, 3.05) is 0 Å². The summed E-state index contributed by atoms with van der Waals surface area (Å²) in [5, 5.41) is 25.7. The van der Waals surface area contributed by atoms with Gasteiger partial charge in [-0.1, -0.05) is 34.6 Å². The minimum atomic E-state index is -1.49. The molecule has 0 saturated carbocycles. The van der Waals surface area contributed by atoms with E-state index >= 15 is 0 Å². The third-order valence-corrected chi connectivity index (χ3v) is 2.24. The Morgan fingerprint density at radius 2 is 1.50 bits per heavy atom. The van der Waals surface area contributed by atoms with Gasteiger partial charge < -0.3 is 14.9 Å². The normalized spacial score (nSPS) is 29.4. The van der Waals surface area contributed by atoms with E-state index in [1.807, 2.05) is 27.7 Å². The second kappa shape index (κ2) is 9.81. The van der Waals surface area contributed by atoms with Crippen LogP contribution in [0.3, 0.4) is 0 Å². The number of carboxylic acid groups (broad SMARTS) is 2. The highest BCUT2D eigenvalue weighted by Crippen LogP contribution is 2.33. The molecule has 4 atom stereocenters. The predicted molar refractivity (Wildman–Crippen MR) is 63.0 cm³/mol. The molecule has 7 nitrogen and oxygen atoms in total. The Morgan fingerprint density at radius 3 is 1.72 bits per heavy atom. The zero-order chi connectivity index (χ0) is 14.9. The molecule has 0 aromatic rings. The number of rotatable bonds is 3. The van der Waals surface area contributed by atoms with E-state index in [-0.39, 0.29) is 0 Å². The molecule has 1 heterocycles. The van der Waals surface area contributed by atoms with E-state index in [0.717, 1.165) is 0 Å². The molecule has 0 aliphatic carbocycles. The molecular weight excluding hydrogens is 244 g/mol. The van der Waals surface area contributed by atoms with Crippen LogP contribution in [0.5, 0.6) is 0 Å². The summed E-state index contributed by atoms with van der Waals surface area (Å²) in [6.45, 7) is 9.43. The van der Waals surface area contributed by atoms with Crippen LogP contribution in [0.4, 0.5) is 0 Å². The highest BCUT2D eigenvalue weighted by molar-refractivity contribution is 5.82.